The summed E-state index contributed by atoms with van der Waals surface area (Å²) in [5.41, 5.74) is 2.58. The van der Waals surface area contributed by atoms with Gasteiger partial charge in [-0.15, -0.1) is 0 Å². The Morgan fingerprint density at radius 1 is 0.946 bits per heavy atom. The molecule has 3 aromatic rings. The third-order valence-electron chi connectivity index (χ3n) is 5.88. The number of benzene rings is 3. The van der Waals surface area contributed by atoms with Gasteiger partial charge in [0, 0.05) is 30.1 Å². The van der Waals surface area contributed by atoms with Crippen molar-refractivity contribution in [3.8, 4) is 0 Å². The summed E-state index contributed by atoms with van der Waals surface area (Å²) >= 11 is 12.4. The fraction of sp³-hybridized carbons (Fsp3) is 0.259. The van der Waals surface area contributed by atoms with Gasteiger partial charge in [-0.05, 0) is 47.9 Å². The Morgan fingerprint density at radius 3 is 2.22 bits per heavy atom. The van der Waals surface area contributed by atoms with E-state index < -0.39 is 28.5 Å². The molecule has 1 atom stereocenters. The summed E-state index contributed by atoms with van der Waals surface area (Å²) in [7, 11) is -2.36. The first-order chi connectivity index (χ1) is 17.5. The standard InChI is InChI=1S/C27H29Cl2N3O4S/c1-19-12-13-23(16-24(19)29)32(37(3,35)36)18-26(33)31(17-21-10-7-11-22(28)14-21)25(27(34)30-2)15-20-8-5-4-6-9-20/h4-14,16,25H,15,17-18H2,1-3H3,(H,30,34)/t25-/m0/s1. The predicted molar refractivity (Wildman–Crippen MR) is 148 cm³/mol. The number of halogens is 2. The molecule has 0 aromatic heterocycles. The lowest BCUT2D eigenvalue weighted by Crippen LogP contribution is -2.52. The number of hydrogen-bond acceptors (Lipinski definition) is 4. The van der Waals surface area contributed by atoms with E-state index in [-0.39, 0.29) is 24.6 Å². The van der Waals surface area contributed by atoms with Crippen molar-refractivity contribution < 1.29 is 18.0 Å². The minimum atomic E-state index is -3.86. The average molecular weight is 563 g/mol. The Hall–Kier alpha value is -3.07. The third kappa shape index (κ3) is 7.71. The van der Waals surface area contributed by atoms with Crippen LogP contribution in [0.5, 0.6) is 0 Å². The van der Waals surface area contributed by atoms with Crippen molar-refractivity contribution in [1.29, 1.82) is 0 Å². The average Bonchev–Trinajstić information content (AvgIpc) is 2.86. The Kier molecular flexibility index (Phi) is 9.59. The fourth-order valence-corrected chi connectivity index (χ4v) is 5.13. The number of nitrogens with zero attached hydrogens (tertiary/aromatic N) is 2. The van der Waals surface area contributed by atoms with Crippen molar-refractivity contribution in [2.75, 3.05) is 24.2 Å². The summed E-state index contributed by atoms with van der Waals surface area (Å²) in [6.07, 6.45) is 1.26. The van der Waals surface area contributed by atoms with Gasteiger partial charge in [0.05, 0.1) is 11.9 Å². The van der Waals surface area contributed by atoms with Crippen LogP contribution in [0.15, 0.2) is 72.8 Å². The van der Waals surface area contributed by atoms with Crippen LogP contribution in [0.1, 0.15) is 16.7 Å². The molecule has 1 N–H and O–H groups in total. The van der Waals surface area contributed by atoms with E-state index in [1.165, 1.54) is 18.0 Å². The molecule has 0 radical (unpaired) electrons. The fourth-order valence-electron chi connectivity index (χ4n) is 3.90. The Balaban J connectivity index is 2.04. The molecule has 2 amide bonds. The maximum Gasteiger partial charge on any atom is 0.244 e. The first kappa shape index (κ1) is 28.5. The van der Waals surface area contributed by atoms with E-state index in [9.17, 15) is 18.0 Å². The molecule has 10 heteroatoms. The molecule has 0 unspecified atom stereocenters. The number of anilines is 1. The number of rotatable bonds is 10. The van der Waals surface area contributed by atoms with Crippen molar-refractivity contribution in [2.45, 2.75) is 25.9 Å². The van der Waals surface area contributed by atoms with E-state index in [4.69, 9.17) is 23.2 Å². The topological polar surface area (TPSA) is 86.8 Å². The molecule has 0 bridgehead atoms. The Morgan fingerprint density at radius 2 is 1.62 bits per heavy atom. The van der Waals surface area contributed by atoms with Crippen molar-refractivity contribution in [2.24, 2.45) is 0 Å². The molecule has 0 heterocycles. The van der Waals surface area contributed by atoms with Crippen LogP contribution >= 0.6 is 23.2 Å². The predicted octanol–water partition coefficient (Wildman–Crippen LogP) is 4.45. The van der Waals surface area contributed by atoms with Gasteiger partial charge >= 0.3 is 0 Å². The van der Waals surface area contributed by atoms with Gasteiger partial charge in [-0.2, -0.15) is 0 Å². The number of sulfonamides is 1. The molecule has 3 aromatic carbocycles. The van der Waals surface area contributed by atoms with Gasteiger partial charge in [0.2, 0.25) is 21.8 Å². The molecule has 0 spiro atoms. The number of amides is 2. The highest BCUT2D eigenvalue weighted by molar-refractivity contribution is 7.92. The van der Waals surface area contributed by atoms with E-state index in [1.54, 1.807) is 43.3 Å². The van der Waals surface area contributed by atoms with Crippen LogP contribution in [0.25, 0.3) is 0 Å². The second-order valence-electron chi connectivity index (χ2n) is 8.67. The van der Waals surface area contributed by atoms with Crippen molar-refractivity contribution in [3.63, 3.8) is 0 Å². The van der Waals surface area contributed by atoms with Crippen LogP contribution in [-0.4, -0.2) is 51.0 Å². The van der Waals surface area contributed by atoms with E-state index in [2.05, 4.69) is 5.32 Å². The molecule has 0 aliphatic heterocycles. The van der Waals surface area contributed by atoms with E-state index >= 15 is 0 Å². The summed E-state index contributed by atoms with van der Waals surface area (Å²) in [5, 5.41) is 3.50. The summed E-state index contributed by atoms with van der Waals surface area (Å²) in [6.45, 7) is 1.34. The first-order valence-electron chi connectivity index (χ1n) is 11.5. The quantitative estimate of drug-likeness (QED) is 0.396. The lowest BCUT2D eigenvalue weighted by atomic mass is 10.0. The molecular formula is C27H29Cl2N3O4S. The van der Waals surface area contributed by atoms with Crippen molar-refractivity contribution >= 4 is 50.7 Å². The van der Waals surface area contributed by atoms with Crippen LogP contribution in [0, 0.1) is 6.92 Å². The smallest absolute Gasteiger partial charge is 0.244 e. The zero-order valence-corrected chi connectivity index (χ0v) is 23.1. The minimum absolute atomic E-state index is 0.0522. The minimum Gasteiger partial charge on any atom is -0.357 e. The van der Waals surface area contributed by atoms with Crippen molar-refractivity contribution in [1.82, 2.24) is 10.2 Å². The molecule has 37 heavy (non-hydrogen) atoms. The normalized spacial score (nSPS) is 12.0. The molecule has 0 aliphatic carbocycles. The molecule has 0 saturated heterocycles. The van der Waals surface area contributed by atoms with Gasteiger partial charge in [0.25, 0.3) is 0 Å². The Labute approximate surface area is 228 Å². The molecule has 7 nitrogen and oxygen atoms in total. The summed E-state index contributed by atoms with van der Waals surface area (Å²) in [4.78, 5) is 28.3. The Bertz CT molecular complexity index is 1370. The number of carbonyl (C=O) groups excluding carboxylic acids is 2. The van der Waals surface area contributed by atoms with Gasteiger partial charge in [0.15, 0.2) is 0 Å². The SMILES string of the molecule is CNC(=O)[C@H](Cc1ccccc1)N(Cc1cccc(Cl)c1)C(=O)CN(c1ccc(C)c(Cl)c1)S(C)(=O)=O. The number of hydrogen-bond donors (Lipinski definition) is 1. The summed E-state index contributed by atoms with van der Waals surface area (Å²) in [6, 6.07) is 20.2. The van der Waals surface area contributed by atoms with Crippen molar-refractivity contribution in [3.05, 3.63) is 99.5 Å². The maximum atomic E-state index is 13.8. The van der Waals surface area contributed by atoms with E-state index in [0.717, 1.165) is 21.7 Å². The number of likely N-dealkylation sites (N-methyl/N-ethyl adjacent to an activating group) is 1. The number of carbonyl (C=O) groups is 2. The van der Waals surface area contributed by atoms with Gasteiger partial charge in [-0.25, -0.2) is 8.42 Å². The molecular weight excluding hydrogens is 533 g/mol. The highest BCUT2D eigenvalue weighted by Crippen LogP contribution is 2.26. The number of nitrogens with one attached hydrogen (secondary N) is 1. The van der Waals surface area contributed by atoms with E-state index in [1.807, 2.05) is 30.3 Å². The monoisotopic (exact) mass is 561 g/mol. The summed E-state index contributed by atoms with van der Waals surface area (Å²) < 4.78 is 26.5. The van der Waals surface area contributed by atoms with E-state index in [0.29, 0.717) is 15.6 Å². The van der Waals surface area contributed by atoms with Gasteiger partial charge in [0.1, 0.15) is 12.6 Å². The highest BCUT2D eigenvalue weighted by Gasteiger charge is 2.32. The maximum absolute atomic E-state index is 13.8. The lowest BCUT2D eigenvalue weighted by molar-refractivity contribution is -0.139. The number of aryl methyl sites for hydroxylation is 1. The second kappa shape index (κ2) is 12.4. The molecule has 196 valence electrons. The van der Waals surface area contributed by atoms with Crippen LogP contribution < -0.4 is 9.62 Å². The molecule has 0 aliphatic rings. The zero-order valence-electron chi connectivity index (χ0n) is 20.8. The first-order valence-corrected chi connectivity index (χ1v) is 14.1. The van der Waals surface area contributed by atoms with Crippen LogP contribution in [0.3, 0.4) is 0 Å². The van der Waals surface area contributed by atoms with Crippen LogP contribution in [-0.2, 0) is 32.6 Å². The third-order valence-corrected chi connectivity index (χ3v) is 7.66. The second-order valence-corrected chi connectivity index (χ2v) is 11.4. The zero-order chi connectivity index (χ0) is 27.2. The van der Waals surface area contributed by atoms with Gasteiger partial charge in [-0.1, -0.05) is 71.7 Å². The lowest BCUT2D eigenvalue weighted by Gasteiger charge is -2.33. The van der Waals surface area contributed by atoms with Gasteiger partial charge < -0.3 is 10.2 Å². The van der Waals surface area contributed by atoms with Crippen LogP contribution in [0.2, 0.25) is 10.0 Å². The molecule has 0 saturated carbocycles. The van der Waals surface area contributed by atoms with Gasteiger partial charge in [-0.3, -0.25) is 13.9 Å². The summed E-state index contributed by atoms with van der Waals surface area (Å²) in [5.74, 6) is -0.921. The molecule has 0 fully saturated rings. The molecule has 3 rings (SSSR count). The largest absolute Gasteiger partial charge is 0.357 e. The van der Waals surface area contributed by atoms with Crippen LogP contribution in [0.4, 0.5) is 5.69 Å². The highest BCUT2D eigenvalue weighted by atomic mass is 35.5.